The van der Waals surface area contributed by atoms with E-state index in [0.717, 1.165) is 36.8 Å². The molecule has 1 amide bonds. The molecule has 0 aliphatic heterocycles. The number of allylic oxidation sites excluding steroid dienone is 1. The van der Waals surface area contributed by atoms with Crippen LogP contribution in [-0.4, -0.2) is 26.4 Å². The van der Waals surface area contributed by atoms with Crippen molar-refractivity contribution in [3.8, 4) is 17.5 Å². The van der Waals surface area contributed by atoms with Crippen molar-refractivity contribution in [2.45, 2.75) is 43.8 Å². The summed E-state index contributed by atoms with van der Waals surface area (Å²) in [5.74, 6) is 0.199. The number of carbonyl (C=O) groups is 1. The highest BCUT2D eigenvalue weighted by molar-refractivity contribution is 7.99. The van der Waals surface area contributed by atoms with Gasteiger partial charge in [0.05, 0.1) is 11.3 Å². The minimum absolute atomic E-state index is 0.131. The summed E-state index contributed by atoms with van der Waals surface area (Å²) < 4.78 is 15.1. The Morgan fingerprint density at radius 2 is 2.06 bits per heavy atom. The van der Waals surface area contributed by atoms with Crippen molar-refractivity contribution >= 4 is 34.0 Å². The lowest BCUT2D eigenvalue weighted by atomic mass is 10.1. The van der Waals surface area contributed by atoms with Gasteiger partial charge in [-0.1, -0.05) is 24.3 Å². The van der Waals surface area contributed by atoms with Gasteiger partial charge in [0.1, 0.15) is 16.9 Å². The average Bonchev–Trinajstić information content (AvgIpc) is 3.25. The van der Waals surface area contributed by atoms with E-state index in [2.05, 4.69) is 28.2 Å². The van der Waals surface area contributed by atoms with E-state index < -0.39 is 0 Å². The minimum atomic E-state index is -0.322. The van der Waals surface area contributed by atoms with Gasteiger partial charge in [0, 0.05) is 17.0 Å². The summed E-state index contributed by atoms with van der Waals surface area (Å²) >= 11 is 2.78. The largest absolute Gasteiger partial charge is 0.316 e. The number of thioether (sulfide) groups is 1. The summed E-state index contributed by atoms with van der Waals surface area (Å²) in [6.45, 7) is 4.24. The normalized spacial score (nSPS) is 13.1. The maximum absolute atomic E-state index is 13.3. The Morgan fingerprint density at radius 3 is 2.81 bits per heavy atom. The molecule has 0 atom stereocenters. The van der Waals surface area contributed by atoms with Crippen LogP contribution in [0.1, 0.15) is 35.3 Å². The summed E-state index contributed by atoms with van der Waals surface area (Å²) in [5.41, 5.74) is 2.45. The van der Waals surface area contributed by atoms with Crippen LogP contribution in [0.15, 0.2) is 42.1 Å². The summed E-state index contributed by atoms with van der Waals surface area (Å²) in [5, 5.41) is 22.2. The second-order valence-electron chi connectivity index (χ2n) is 7.43. The topological polar surface area (TPSA) is 83.6 Å². The molecule has 0 radical (unpaired) electrons. The lowest BCUT2D eigenvalue weighted by Crippen LogP contribution is -2.14. The Morgan fingerprint density at radius 1 is 1.28 bits per heavy atom. The molecule has 9 heteroatoms. The van der Waals surface area contributed by atoms with Crippen LogP contribution in [0.4, 0.5) is 9.39 Å². The summed E-state index contributed by atoms with van der Waals surface area (Å²) in [7, 11) is 0. The number of carbonyl (C=O) groups excluding carboxylic acids is 1. The number of nitrogens with zero attached hydrogens (tertiary/aromatic N) is 4. The predicted molar refractivity (Wildman–Crippen MR) is 125 cm³/mol. The molecule has 2 aromatic heterocycles. The number of aromatic nitrogens is 3. The zero-order valence-corrected chi connectivity index (χ0v) is 19.1. The third kappa shape index (κ3) is 4.76. The van der Waals surface area contributed by atoms with Gasteiger partial charge in [-0.25, -0.2) is 4.39 Å². The second kappa shape index (κ2) is 10.1. The summed E-state index contributed by atoms with van der Waals surface area (Å²) in [4.78, 5) is 13.9. The van der Waals surface area contributed by atoms with Gasteiger partial charge in [-0.05, 0) is 55.5 Å². The molecule has 0 saturated heterocycles. The Labute approximate surface area is 194 Å². The molecule has 4 rings (SSSR count). The van der Waals surface area contributed by atoms with Gasteiger partial charge in [-0.3, -0.25) is 9.36 Å². The number of halogens is 1. The number of nitriles is 1. The molecule has 0 unspecified atom stereocenters. The Bertz CT molecular complexity index is 1180. The SMILES string of the molecule is C=CCn1c(SCC(=O)Nc2sc3c(c2C#N)CCCCC3)nnc1-c1ccc(F)cc1. The molecule has 1 aliphatic carbocycles. The van der Waals surface area contributed by atoms with Gasteiger partial charge in [0.15, 0.2) is 11.0 Å². The molecule has 164 valence electrons. The summed E-state index contributed by atoms with van der Waals surface area (Å²) in [6.07, 6.45) is 6.97. The molecule has 1 aliphatic rings. The maximum atomic E-state index is 13.3. The molecule has 3 aromatic rings. The Hall–Kier alpha value is -2.96. The van der Waals surface area contributed by atoms with Crippen molar-refractivity contribution in [1.29, 1.82) is 5.26 Å². The second-order valence-corrected chi connectivity index (χ2v) is 9.48. The van der Waals surface area contributed by atoms with Crippen molar-refractivity contribution in [2.75, 3.05) is 11.1 Å². The van der Waals surface area contributed by atoms with Crippen LogP contribution in [0.5, 0.6) is 0 Å². The van der Waals surface area contributed by atoms with Gasteiger partial charge in [0.25, 0.3) is 0 Å². The minimum Gasteiger partial charge on any atom is -0.316 e. The molecular formula is C23H22FN5OS2. The number of amides is 1. The number of anilines is 1. The molecule has 1 aromatic carbocycles. The van der Waals surface area contributed by atoms with Gasteiger partial charge in [-0.15, -0.1) is 28.1 Å². The van der Waals surface area contributed by atoms with Crippen molar-refractivity contribution in [2.24, 2.45) is 0 Å². The highest BCUT2D eigenvalue weighted by Crippen LogP contribution is 2.37. The van der Waals surface area contributed by atoms with Gasteiger partial charge < -0.3 is 5.32 Å². The standard InChI is InChI=1S/C23H22FN5OS2/c1-2-12-29-21(15-8-10-16(24)11-9-15)27-28-23(29)31-14-20(30)26-22-18(13-25)17-6-4-3-5-7-19(17)32-22/h2,8-11H,1,3-7,12,14H2,(H,26,30). The Balaban J connectivity index is 1.47. The van der Waals surface area contributed by atoms with E-state index in [4.69, 9.17) is 0 Å². The third-order valence-electron chi connectivity index (χ3n) is 5.25. The van der Waals surface area contributed by atoms with Crippen LogP contribution in [0, 0.1) is 17.1 Å². The molecule has 0 fully saturated rings. The molecule has 1 N–H and O–H groups in total. The van der Waals surface area contributed by atoms with E-state index in [0.29, 0.717) is 28.1 Å². The fourth-order valence-electron chi connectivity index (χ4n) is 3.74. The lowest BCUT2D eigenvalue weighted by molar-refractivity contribution is -0.113. The quantitative estimate of drug-likeness (QED) is 0.293. The number of hydrogen-bond donors (Lipinski definition) is 1. The lowest BCUT2D eigenvalue weighted by Gasteiger charge is -2.08. The van der Waals surface area contributed by atoms with Crippen molar-refractivity contribution in [3.05, 3.63) is 58.7 Å². The zero-order chi connectivity index (χ0) is 22.5. The van der Waals surface area contributed by atoms with E-state index in [9.17, 15) is 14.4 Å². The predicted octanol–water partition coefficient (Wildman–Crippen LogP) is 5.20. The molecule has 0 saturated carbocycles. The molecule has 32 heavy (non-hydrogen) atoms. The fourth-order valence-corrected chi connectivity index (χ4v) is 5.75. The van der Waals surface area contributed by atoms with Crippen LogP contribution >= 0.6 is 23.1 Å². The van der Waals surface area contributed by atoms with Crippen LogP contribution in [0.2, 0.25) is 0 Å². The third-order valence-corrected chi connectivity index (χ3v) is 7.42. The molecule has 0 bridgehead atoms. The molecular weight excluding hydrogens is 445 g/mol. The number of fused-ring (bicyclic) bond motifs is 1. The number of rotatable bonds is 7. The first kappa shape index (κ1) is 22.2. The number of nitrogens with one attached hydrogen (secondary N) is 1. The maximum Gasteiger partial charge on any atom is 0.235 e. The first-order valence-electron chi connectivity index (χ1n) is 10.4. The first-order chi connectivity index (χ1) is 15.6. The molecule has 2 heterocycles. The van der Waals surface area contributed by atoms with Crippen LogP contribution in [0.25, 0.3) is 11.4 Å². The number of hydrogen-bond acceptors (Lipinski definition) is 6. The van der Waals surface area contributed by atoms with Gasteiger partial charge >= 0.3 is 0 Å². The smallest absolute Gasteiger partial charge is 0.235 e. The fraction of sp³-hybridized carbons (Fsp3) is 0.304. The van der Waals surface area contributed by atoms with E-state index >= 15 is 0 Å². The number of thiophene rings is 1. The number of aryl methyl sites for hydroxylation is 1. The van der Waals surface area contributed by atoms with Crippen molar-refractivity contribution in [3.63, 3.8) is 0 Å². The monoisotopic (exact) mass is 467 g/mol. The van der Waals surface area contributed by atoms with E-state index in [1.807, 2.05) is 4.57 Å². The van der Waals surface area contributed by atoms with E-state index in [1.165, 1.54) is 46.5 Å². The summed E-state index contributed by atoms with van der Waals surface area (Å²) in [6, 6.07) is 8.32. The highest BCUT2D eigenvalue weighted by Gasteiger charge is 2.21. The first-order valence-corrected chi connectivity index (χ1v) is 12.2. The van der Waals surface area contributed by atoms with Crippen LogP contribution in [0.3, 0.4) is 0 Å². The van der Waals surface area contributed by atoms with E-state index in [-0.39, 0.29) is 17.5 Å². The van der Waals surface area contributed by atoms with Gasteiger partial charge in [-0.2, -0.15) is 5.26 Å². The molecule has 6 nitrogen and oxygen atoms in total. The number of benzene rings is 1. The zero-order valence-electron chi connectivity index (χ0n) is 17.4. The average molecular weight is 468 g/mol. The van der Waals surface area contributed by atoms with Crippen LogP contribution in [-0.2, 0) is 24.2 Å². The Kier molecular flexibility index (Phi) is 7.02. The van der Waals surface area contributed by atoms with E-state index in [1.54, 1.807) is 18.2 Å². The van der Waals surface area contributed by atoms with Crippen molar-refractivity contribution < 1.29 is 9.18 Å². The van der Waals surface area contributed by atoms with Crippen LogP contribution < -0.4 is 5.32 Å². The van der Waals surface area contributed by atoms with Crippen molar-refractivity contribution in [1.82, 2.24) is 14.8 Å². The molecule has 0 spiro atoms. The highest BCUT2D eigenvalue weighted by atomic mass is 32.2. The van der Waals surface area contributed by atoms with Gasteiger partial charge in [0.2, 0.25) is 5.91 Å².